The van der Waals surface area contributed by atoms with Gasteiger partial charge in [0.1, 0.15) is 4.90 Å². The smallest absolute Gasteiger partial charge is 0.286 e. The molecule has 0 unspecified atom stereocenters. The van der Waals surface area contributed by atoms with Gasteiger partial charge in [-0.1, -0.05) is 95.0 Å². The van der Waals surface area contributed by atoms with Gasteiger partial charge in [-0.3, -0.25) is 4.79 Å². The lowest BCUT2D eigenvalue weighted by molar-refractivity contribution is -0.110. The molecule has 3 aromatic carbocycles. The van der Waals surface area contributed by atoms with Crippen molar-refractivity contribution in [3.63, 3.8) is 0 Å². The van der Waals surface area contributed by atoms with Crippen LogP contribution in [-0.4, -0.2) is 59.0 Å². The molecule has 0 saturated heterocycles. The summed E-state index contributed by atoms with van der Waals surface area (Å²) in [6.45, 7) is 10.3. The Bertz CT molecular complexity index is 1800. The number of hydrogen-bond acceptors (Lipinski definition) is 8. The number of carbonyl (C=O) groups is 1. The normalized spacial score (nSPS) is 13.9. The predicted octanol–water partition coefficient (Wildman–Crippen LogP) is 9.39. The van der Waals surface area contributed by atoms with Gasteiger partial charge < -0.3 is 19.9 Å². The molecule has 1 amide bonds. The van der Waals surface area contributed by atoms with E-state index < -0.39 is 15.9 Å². The van der Waals surface area contributed by atoms with E-state index in [0.717, 1.165) is 50.0 Å². The van der Waals surface area contributed by atoms with Gasteiger partial charge in [0.25, 0.3) is 15.9 Å². The van der Waals surface area contributed by atoms with Crippen LogP contribution in [0, 0.1) is 6.92 Å². The van der Waals surface area contributed by atoms with E-state index in [9.17, 15) is 13.2 Å². The summed E-state index contributed by atoms with van der Waals surface area (Å²) in [4.78, 5) is 27.8. The zero-order valence-corrected chi connectivity index (χ0v) is 31.7. The number of nitrogens with one attached hydrogen (secondary N) is 1. The molecule has 1 aliphatic heterocycles. The number of para-hydroxylation sites is 2. The molecule has 4 rings (SSSR count). The van der Waals surface area contributed by atoms with Crippen LogP contribution in [0.4, 0.5) is 28.4 Å². The minimum Gasteiger partial charge on any atom is -0.486 e. The van der Waals surface area contributed by atoms with Crippen LogP contribution in [0.25, 0.3) is 0 Å². The number of sulfonamides is 1. The molecule has 0 saturated carbocycles. The number of fused-ring (bicyclic) bond motifs is 1. The average Bonchev–Trinajstić information content (AvgIpc) is 3.13. The molecule has 0 radical (unpaired) electrons. The van der Waals surface area contributed by atoms with Crippen molar-refractivity contribution in [2.24, 2.45) is 14.4 Å². The third-order valence-corrected chi connectivity index (χ3v) is 10.4. The van der Waals surface area contributed by atoms with Crippen molar-refractivity contribution in [2.45, 2.75) is 96.8 Å². The van der Waals surface area contributed by atoms with Crippen molar-refractivity contribution in [1.82, 2.24) is 0 Å². The second kappa shape index (κ2) is 19.8. The highest BCUT2D eigenvalue weighted by molar-refractivity contribution is 7.90. The number of rotatable bonds is 20. The molecule has 11 heteroatoms. The lowest BCUT2D eigenvalue weighted by Gasteiger charge is -2.31. The van der Waals surface area contributed by atoms with Crippen molar-refractivity contribution in [3.05, 3.63) is 72.3 Å². The summed E-state index contributed by atoms with van der Waals surface area (Å²) in [6, 6.07) is 19.8. The van der Waals surface area contributed by atoms with E-state index in [1.165, 1.54) is 52.0 Å². The lowest BCUT2D eigenvalue weighted by Crippen LogP contribution is -2.45. The Kier molecular flexibility index (Phi) is 15.2. The monoisotopic (exact) mass is 714 g/mol. The maximum atomic E-state index is 14.4. The van der Waals surface area contributed by atoms with Gasteiger partial charge in [0.05, 0.1) is 24.2 Å². The molecule has 1 aliphatic rings. The third kappa shape index (κ3) is 10.7. The van der Waals surface area contributed by atoms with Gasteiger partial charge in [-0.05, 0) is 69.2 Å². The maximum Gasteiger partial charge on any atom is 0.286 e. The number of anilines is 3. The van der Waals surface area contributed by atoms with Crippen LogP contribution in [0.15, 0.2) is 86.0 Å². The fourth-order valence-corrected chi connectivity index (χ4v) is 7.41. The standard InChI is InChI=1S/C40H54N6O4S/c1-6-9-10-11-12-13-14-15-16-21-28-46-36-24-19-20-25-37(36)51(48,49)44-39(46)38(40(47)43-33-23-18-17-22-31(33)4)42-34-27-26-32(45(7-2)8-3)29-35(34)41-30-50-5/h17-20,22-27,29-30H,6-16,21,28H2,1-5H3,(H,43,47). The molecule has 0 atom stereocenters. The van der Waals surface area contributed by atoms with E-state index in [4.69, 9.17) is 9.73 Å². The Labute approximate surface area is 304 Å². The Morgan fingerprint density at radius 1 is 0.863 bits per heavy atom. The Balaban J connectivity index is 1.76. The molecule has 10 nitrogen and oxygen atoms in total. The van der Waals surface area contributed by atoms with Crippen LogP contribution < -0.4 is 15.1 Å². The number of carbonyl (C=O) groups excluding carboxylic acids is 1. The van der Waals surface area contributed by atoms with Crippen LogP contribution >= 0.6 is 0 Å². The summed E-state index contributed by atoms with van der Waals surface area (Å²) in [6.07, 6.45) is 12.9. The molecule has 1 N–H and O–H groups in total. The van der Waals surface area contributed by atoms with Gasteiger partial charge in [-0.2, -0.15) is 8.42 Å². The van der Waals surface area contributed by atoms with Crippen LogP contribution in [0.1, 0.15) is 90.5 Å². The number of aryl methyl sites for hydroxylation is 1. The van der Waals surface area contributed by atoms with E-state index in [0.29, 0.717) is 29.3 Å². The van der Waals surface area contributed by atoms with Gasteiger partial charge in [-0.25, -0.2) is 9.98 Å². The van der Waals surface area contributed by atoms with Crippen LogP contribution in [-0.2, 0) is 19.6 Å². The number of amides is 1. The van der Waals surface area contributed by atoms with Crippen LogP contribution in [0.5, 0.6) is 0 Å². The number of aliphatic imine (C=N–C) groups is 2. The highest BCUT2D eigenvalue weighted by Gasteiger charge is 2.35. The van der Waals surface area contributed by atoms with Crippen LogP contribution in [0.2, 0.25) is 0 Å². The first-order valence-electron chi connectivity index (χ1n) is 18.4. The summed E-state index contributed by atoms with van der Waals surface area (Å²) in [5, 5.41) is 2.98. The molecule has 0 aliphatic carbocycles. The Hall–Kier alpha value is -4.51. The van der Waals surface area contributed by atoms with Crippen molar-refractivity contribution >= 4 is 62.3 Å². The summed E-state index contributed by atoms with van der Waals surface area (Å²) in [5.74, 6) is -0.606. The summed E-state index contributed by atoms with van der Waals surface area (Å²) >= 11 is 0. The van der Waals surface area contributed by atoms with Crippen LogP contribution in [0.3, 0.4) is 0 Å². The number of amidine groups is 1. The second-order valence-corrected chi connectivity index (χ2v) is 14.3. The molecule has 274 valence electrons. The van der Waals surface area contributed by atoms with Crippen molar-refractivity contribution in [1.29, 1.82) is 0 Å². The van der Waals surface area contributed by atoms with Gasteiger partial charge in [0, 0.05) is 31.0 Å². The average molecular weight is 715 g/mol. The zero-order valence-electron chi connectivity index (χ0n) is 30.9. The highest BCUT2D eigenvalue weighted by Crippen LogP contribution is 2.36. The number of benzene rings is 3. The zero-order chi connectivity index (χ0) is 36.6. The Morgan fingerprint density at radius 2 is 1.51 bits per heavy atom. The molecule has 0 fully saturated rings. The third-order valence-electron chi connectivity index (χ3n) is 9.07. The number of hydrogen-bond donors (Lipinski definition) is 1. The topological polar surface area (TPSA) is 116 Å². The molecule has 0 bridgehead atoms. The minimum absolute atomic E-state index is 0.0230. The molecule has 0 spiro atoms. The first-order valence-corrected chi connectivity index (χ1v) is 19.8. The van der Waals surface area contributed by atoms with Crippen molar-refractivity contribution in [2.75, 3.05) is 41.9 Å². The number of nitrogens with zero attached hydrogens (tertiary/aromatic N) is 5. The predicted molar refractivity (Wildman–Crippen MR) is 212 cm³/mol. The second-order valence-electron chi connectivity index (χ2n) is 12.7. The van der Waals surface area contributed by atoms with E-state index in [1.807, 2.05) is 42.2 Å². The molecule has 1 heterocycles. The molecule has 0 aromatic heterocycles. The van der Waals surface area contributed by atoms with E-state index in [-0.39, 0.29) is 16.4 Å². The number of methoxy groups -OCH3 is 1. The first kappa shape index (κ1) is 39.3. The first-order chi connectivity index (χ1) is 24.7. The van der Waals surface area contributed by atoms with E-state index >= 15 is 0 Å². The largest absolute Gasteiger partial charge is 0.486 e. The molecule has 3 aromatic rings. The number of unbranched alkanes of at least 4 members (excludes halogenated alkanes) is 9. The Morgan fingerprint density at radius 3 is 2.18 bits per heavy atom. The number of ether oxygens (including phenoxy) is 1. The van der Waals surface area contributed by atoms with Crippen molar-refractivity contribution in [3.8, 4) is 0 Å². The van der Waals surface area contributed by atoms with E-state index in [2.05, 4.69) is 40.4 Å². The fourth-order valence-electron chi connectivity index (χ4n) is 6.20. The van der Waals surface area contributed by atoms with Gasteiger partial charge >= 0.3 is 0 Å². The minimum atomic E-state index is -4.15. The molecular formula is C40H54N6O4S. The quantitative estimate of drug-likeness (QED) is 0.0708. The molecular weight excluding hydrogens is 661 g/mol. The van der Waals surface area contributed by atoms with Gasteiger partial charge in [-0.15, -0.1) is 4.40 Å². The summed E-state index contributed by atoms with van der Waals surface area (Å²) < 4.78 is 36.9. The maximum absolute atomic E-state index is 14.4. The van der Waals surface area contributed by atoms with Crippen molar-refractivity contribution < 1.29 is 17.9 Å². The fraction of sp³-hybridized carbons (Fsp3) is 0.450. The lowest BCUT2D eigenvalue weighted by atomic mass is 10.1. The van der Waals surface area contributed by atoms with Gasteiger partial charge in [0.15, 0.2) is 17.9 Å². The highest BCUT2D eigenvalue weighted by atomic mass is 32.2. The van der Waals surface area contributed by atoms with Gasteiger partial charge in [0.2, 0.25) is 0 Å². The molecule has 51 heavy (non-hydrogen) atoms. The SMILES string of the molecule is CCCCCCCCCCCCN1C(C(=Nc2ccc(N(CC)CC)cc2N=COC)C(=O)Nc2ccccc2C)=NS(=O)(=O)c2ccccc21. The summed E-state index contributed by atoms with van der Waals surface area (Å²) in [5.41, 5.74) is 3.55. The van der Waals surface area contributed by atoms with E-state index in [1.54, 1.807) is 36.4 Å². The summed E-state index contributed by atoms with van der Waals surface area (Å²) in [7, 11) is -2.64.